The summed E-state index contributed by atoms with van der Waals surface area (Å²) < 4.78 is 26.1. The molecular weight excluding hydrogens is 534 g/mol. The molecule has 1 aliphatic rings. The number of amides is 2. The van der Waals surface area contributed by atoms with E-state index in [1.165, 1.54) is 26.4 Å². The molecule has 2 aromatic rings. The second-order valence-corrected chi connectivity index (χ2v) is 8.50. The molecule has 0 radical (unpaired) electrons. The topological polar surface area (TPSA) is 122 Å². The summed E-state index contributed by atoms with van der Waals surface area (Å²) in [7, 11) is 2.48. The molecular formula is C22H20BrNO9S. The fourth-order valence-corrected chi connectivity index (χ4v) is 4.29. The summed E-state index contributed by atoms with van der Waals surface area (Å²) in [4.78, 5) is 49.5. The van der Waals surface area contributed by atoms with Gasteiger partial charge in [-0.25, -0.2) is 9.59 Å². The SMILES string of the molecule is CCOc1cc(/C=C2/SC(=O)N(Cc3ccc(C(=O)OC)o3)C2=O)cc(Br)c1OCC(=O)OC. The second kappa shape index (κ2) is 11.3. The number of ether oxygens (including phenoxy) is 4. The average molecular weight is 554 g/mol. The lowest BCUT2D eigenvalue weighted by Crippen LogP contribution is -2.27. The molecule has 0 atom stereocenters. The maximum absolute atomic E-state index is 12.9. The van der Waals surface area contributed by atoms with Crippen molar-refractivity contribution in [1.82, 2.24) is 4.90 Å². The summed E-state index contributed by atoms with van der Waals surface area (Å²) in [5, 5.41) is -0.477. The van der Waals surface area contributed by atoms with E-state index in [0.717, 1.165) is 16.7 Å². The van der Waals surface area contributed by atoms with Gasteiger partial charge in [0.05, 0.1) is 36.7 Å². The number of carbonyl (C=O) groups excluding carboxylic acids is 4. The second-order valence-electron chi connectivity index (χ2n) is 6.65. The van der Waals surface area contributed by atoms with Crippen LogP contribution in [0.1, 0.15) is 28.8 Å². The van der Waals surface area contributed by atoms with Crippen LogP contribution < -0.4 is 9.47 Å². The summed E-state index contributed by atoms with van der Waals surface area (Å²) >= 11 is 4.16. The Morgan fingerprint density at radius 2 is 1.91 bits per heavy atom. The smallest absolute Gasteiger partial charge is 0.373 e. The number of rotatable bonds is 9. The maximum Gasteiger partial charge on any atom is 0.373 e. The van der Waals surface area contributed by atoms with Crippen LogP contribution in [0.3, 0.4) is 0 Å². The van der Waals surface area contributed by atoms with E-state index in [-0.39, 0.29) is 29.6 Å². The molecule has 1 aromatic carbocycles. The van der Waals surface area contributed by atoms with Gasteiger partial charge in [-0.1, -0.05) is 0 Å². The highest BCUT2D eigenvalue weighted by Gasteiger charge is 2.36. The summed E-state index contributed by atoms with van der Waals surface area (Å²) in [6, 6.07) is 6.20. The van der Waals surface area contributed by atoms with E-state index >= 15 is 0 Å². The van der Waals surface area contributed by atoms with Crippen LogP contribution in [0.5, 0.6) is 11.5 Å². The number of benzene rings is 1. The van der Waals surface area contributed by atoms with Gasteiger partial charge in [0.15, 0.2) is 18.1 Å². The Balaban J connectivity index is 1.81. The van der Waals surface area contributed by atoms with Gasteiger partial charge in [0, 0.05) is 0 Å². The minimum Gasteiger partial charge on any atom is -0.490 e. The van der Waals surface area contributed by atoms with Crippen LogP contribution in [-0.2, 0) is 25.6 Å². The molecule has 3 rings (SSSR count). The van der Waals surface area contributed by atoms with Gasteiger partial charge in [-0.15, -0.1) is 0 Å². The molecule has 0 saturated carbocycles. The van der Waals surface area contributed by atoms with Crippen molar-refractivity contribution in [2.45, 2.75) is 13.5 Å². The zero-order valence-corrected chi connectivity index (χ0v) is 20.8. The number of thioether (sulfide) groups is 1. The van der Waals surface area contributed by atoms with Crippen molar-refractivity contribution >= 4 is 56.9 Å². The number of hydrogen-bond donors (Lipinski definition) is 0. The van der Waals surface area contributed by atoms with E-state index in [9.17, 15) is 19.2 Å². The van der Waals surface area contributed by atoms with E-state index in [2.05, 4.69) is 25.4 Å². The van der Waals surface area contributed by atoms with Crippen LogP contribution in [0.15, 0.2) is 38.1 Å². The predicted octanol–water partition coefficient (Wildman–Crippen LogP) is 4.02. The molecule has 1 aliphatic heterocycles. The number of esters is 2. The lowest BCUT2D eigenvalue weighted by atomic mass is 10.2. The fraction of sp³-hybridized carbons (Fsp3) is 0.273. The first-order chi connectivity index (χ1) is 16.3. The van der Waals surface area contributed by atoms with E-state index in [1.807, 2.05) is 0 Å². The average Bonchev–Trinajstić information content (AvgIpc) is 3.38. The molecule has 1 fully saturated rings. The van der Waals surface area contributed by atoms with Gasteiger partial charge in [0.25, 0.3) is 11.1 Å². The van der Waals surface area contributed by atoms with Gasteiger partial charge < -0.3 is 23.4 Å². The van der Waals surface area contributed by atoms with Crippen LogP contribution in [0.4, 0.5) is 4.79 Å². The number of halogens is 1. The molecule has 180 valence electrons. The highest BCUT2D eigenvalue weighted by molar-refractivity contribution is 9.10. The van der Waals surface area contributed by atoms with Crippen molar-refractivity contribution in [2.75, 3.05) is 27.4 Å². The third-order valence-corrected chi connectivity index (χ3v) is 5.92. The zero-order chi connectivity index (χ0) is 24.8. The van der Waals surface area contributed by atoms with E-state index in [4.69, 9.17) is 13.9 Å². The highest BCUT2D eigenvalue weighted by Crippen LogP contribution is 2.39. The van der Waals surface area contributed by atoms with Crippen LogP contribution in [0, 0.1) is 0 Å². The van der Waals surface area contributed by atoms with E-state index < -0.39 is 23.1 Å². The Hall–Kier alpha value is -3.25. The van der Waals surface area contributed by atoms with Gasteiger partial charge >= 0.3 is 11.9 Å². The molecule has 1 aromatic heterocycles. The molecule has 2 amide bonds. The molecule has 12 heteroatoms. The monoisotopic (exact) mass is 553 g/mol. The number of hydrogen-bond acceptors (Lipinski definition) is 10. The Labute approximate surface area is 207 Å². The van der Waals surface area contributed by atoms with Crippen molar-refractivity contribution in [3.8, 4) is 11.5 Å². The van der Waals surface area contributed by atoms with Gasteiger partial charge in [-0.05, 0) is 70.5 Å². The molecule has 10 nitrogen and oxygen atoms in total. The van der Waals surface area contributed by atoms with E-state index in [1.54, 1.807) is 25.1 Å². The van der Waals surface area contributed by atoms with Gasteiger partial charge in [0.2, 0.25) is 5.76 Å². The van der Waals surface area contributed by atoms with Crippen LogP contribution in [0.25, 0.3) is 6.08 Å². The van der Waals surface area contributed by atoms with Crippen LogP contribution >= 0.6 is 27.7 Å². The Kier molecular flexibility index (Phi) is 8.40. The quantitative estimate of drug-likeness (QED) is 0.332. The van der Waals surface area contributed by atoms with Gasteiger partial charge in [0.1, 0.15) is 5.76 Å². The predicted molar refractivity (Wildman–Crippen MR) is 124 cm³/mol. The molecule has 1 saturated heterocycles. The summed E-state index contributed by atoms with van der Waals surface area (Å²) in [6.45, 7) is 1.68. The van der Waals surface area contributed by atoms with Crippen molar-refractivity contribution in [2.24, 2.45) is 0 Å². The summed E-state index contributed by atoms with van der Waals surface area (Å²) in [6.07, 6.45) is 1.55. The molecule has 0 unspecified atom stereocenters. The normalized spacial score (nSPS) is 14.5. The van der Waals surface area contributed by atoms with Crippen molar-refractivity contribution in [3.63, 3.8) is 0 Å². The first kappa shape index (κ1) is 25.4. The minimum absolute atomic E-state index is 0.0252. The number of carbonyl (C=O) groups is 4. The van der Waals surface area contributed by atoms with Crippen molar-refractivity contribution in [1.29, 1.82) is 0 Å². The molecule has 2 heterocycles. The number of furan rings is 1. The molecule has 0 aliphatic carbocycles. The molecule has 0 spiro atoms. The molecule has 34 heavy (non-hydrogen) atoms. The Morgan fingerprint density at radius 1 is 1.15 bits per heavy atom. The fourth-order valence-electron chi connectivity index (χ4n) is 2.88. The van der Waals surface area contributed by atoms with Crippen molar-refractivity contribution < 1.29 is 42.5 Å². The highest BCUT2D eigenvalue weighted by atomic mass is 79.9. The summed E-state index contributed by atoms with van der Waals surface area (Å²) in [5.74, 6) is -0.836. The molecule has 0 bridgehead atoms. The number of imide groups is 1. The minimum atomic E-state index is -0.657. The van der Waals surface area contributed by atoms with Gasteiger partial charge in [-0.2, -0.15) is 0 Å². The largest absolute Gasteiger partial charge is 0.490 e. The molecule has 0 N–H and O–H groups in total. The maximum atomic E-state index is 12.9. The first-order valence-electron chi connectivity index (χ1n) is 9.85. The van der Waals surface area contributed by atoms with E-state index in [0.29, 0.717) is 28.1 Å². The Morgan fingerprint density at radius 3 is 2.59 bits per heavy atom. The first-order valence-corrected chi connectivity index (χ1v) is 11.5. The van der Waals surface area contributed by atoms with Crippen LogP contribution in [-0.4, -0.2) is 55.4 Å². The Bertz CT molecular complexity index is 1160. The summed E-state index contributed by atoms with van der Waals surface area (Å²) in [5.41, 5.74) is 0.567. The third kappa shape index (κ3) is 5.81. The number of methoxy groups -OCH3 is 2. The standard InChI is InChI=1S/C22H20BrNO9S/c1-4-31-16-8-12(7-14(23)19(16)32-11-18(25)29-2)9-17-20(26)24(22(28)34-17)10-13-5-6-15(33-13)21(27)30-3/h5-9H,4,10-11H2,1-3H3/b17-9+. The van der Waals surface area contributed by atoms with Crippen molar-refractivity contribution in [3.05, 3.63) is 50.7 Å². The number of nitrogens with zero attached hydrogens (tertiary/aromatic N) is 1. The van der Waals surface area contributed by atoms with Gasteiger partial charge in [-0.3, -0.25) is 14.5 Å². The lowest BCUT2D eigenvalue weighted by molar-refractivity contribution is -0.143. The third-order valence-electron chi connectivity index (χ3n) is 4.43. The zero-order valence-electron chi connectivity index (χ0n) is 18.4. The lowest BCUT2D eigenvalue weighted by Gasteiger charge is -2.14. The van der Waals surface area contributed by atoms with Crippen LogP contribution in [0.2, 0.25) is 0 Å².